The molecule has 150 valence electrons. The molecule has 0 aromatic heterocycles. The number of rotatable bonds is 8. The second kappa shape index (κ2) is 10.1. The van der Waals surface area contributed by atoms with Gasteiger partial charge in [0.05, 0.1) is 13.7 Å². The molecule has 1 saturated carbocycles. The molecule has 1 aliphatic heterocycles. The van der Waals surface area contributed by atoms with Crippen molar-refractivity contribution in [3.05, 3.63) is 29.8 Å². The van der Waals surface area contributed by atoms with Gasteiger partial charge in [-0.05, 0) is 56.5 Å². The zero-order valence-electron chi connectivity index (χ0n) is 16.7. The summed E-state index contributed by atoms with van der Waals surface area (Å²) in [7, 11) is 1.65. The fourth-order valence-corrected chi connectivity index (χ4v) is 4.52. The van der Waals surface area contributed by atoms with Gasteiger partial charge in [0.25, 0.3) is 0 Å². The van der Waals surface area contributed by atoms with Crippen LogP contribution in [0.25, 0.3) is 0 Å². The fraction of sp³-hybridized carbons (Fsp3) is 0.682. The highest BCUT2D eigenvalue weighted by Gasteiger charge is 2.38. The molecule has 0 radical (unpaired) electrons. The largest absolute Gasteiger partial charge is 0.497 e. The van der Waals surface area contributed by atoms with Crippen molar-refractivity contribution in [2.24, 2.45) is 0 Å². The predicted molar refractivity (Wildman–Crippen MR) is 107 cm³/mol. The Kier molecular flexibility index (Phi) is 7.53. The number of nitrogens with one attached hydrogen (secondary N) is 1. The lowest BCUT2D eigenvalue weighted by molar-refractivity contribution is -0.127. The van der Waals surface area contributed by atoms with Crippen molar-refractivity contribution in [2.75, 3.05) is 33.4 Å². The number of hydrogen-bond donors (Lipinski definition) is 1. The van der Waals surface area contributed by atoms with Crippen LogP contribution in [0.5, 0.6) is 5.75 Å². The molecular weight excluding hydrogens is 340 g/mol. The van der Waals surface area contributed by atoms with Crippen LogP contribution >= 0.6 is 0 Å². The molecule has 0 unspecified atom stereocenters. The molecule has 0 atom stereocenters. The molecule has 1 aromatic rings. The number of ether oxygens (including phenoxy) is 2. The highest BCUT2D eigenvalue weighted by molar-refractivity contribution is 5.77. The summed E-state index contributed by atoms with van der Waals surface area (Å²) in [6, 6.07) is 7.75. The van der Waals surface area contributed by atoms with E-state index in [1.165, 1.54) is 64.5 Å². The number of likely N-dealkylation sites (tertiary alicyclic amines) is 1. The quantitative estimate of drug-likeness (QED) is 0.756. The Morgan fingerprint density at radius 2 is 1.85 bits per heavy atom. The zero-order chi connectivity index (χ0) is 19.0. The van der Waals surface area contributed by atoms with Gasteiger partial charge in [-0.3, -0.25) is 9.69 Å². The first-order chi connectivity index (χ1) is 13.2. The smallest absolute Gasteiger partial charge is 0.246 e. The van der Waals surface area contributed by atoms with Crippen LogP contribution in [-0.2, 0) is 16.1 Å². The molecule has 1 aromatic carbocycles. The first-order valence-corrected chi connectivity index (χ1v) is 10.4. The summed E-state index contributed by atoms with van der Waals surface area (Å²) >= 11 is 0. The van der Waals surface area contributed by atoms with E-state index in [1.807, 2.05) is 24.3 Å². The second-order valence-corrected chi connectivity index (χ2v) is 7.95. The van der Waals surface area contributed by atoms with E-state index in [0.29, 0.717) is 6.61 Å². The maximum absolute atomic E-state index is 12.3. The van der Waals surface area contributed by atoms with Gasteiger partial charge in [0.1, 0.15) is 12.4 Å². The van der Waals surface area contributed by atoms with Crippen LogP contribution in [-0.4, -0.2) is 49.7 Å². The Hall–Kier alpha value is -1.59. The van der Waals surface area contributed by atoms with Gasteiger partial charge >= 0.3 is 0 Å². The maximum Gasteiger partial charge on any atom is 0.246 e. The molecule has 1 amide bonds. The molecule has 0 spiro atoms. The van der Waals surface area contributed by atoms with Gasteiger partial charge in [-0.15, -0.1) is 0 Å². The van der Waals surface area contributed by atoms with E-state index in [2.05, 4.69) is 10.2 Å². The summed E-state index contributed by atoms with van der Waals surface area (Å²) in [4.78, 5) is 15.0. The second-order valence-electron chi connectivity index (χ2n) is 7.95. The summed E-state index contributed by atoms with van der Waals surface area (Å²) in [5.74, 6) is 0.793. The van der Waals surface area contributed by atoms with Crippen molar-refractivity contribution in [3.63, 3.8) is 0 Å². The number of hydrogen-bond acceptors (Lipinski definition) is 4. The minimum absolute atomic E-state index is 0.0140. The van der Waals surface area contributed by atoms with Crippen LogP contribution < -0.4 is 10.1 Å². The molecule has 1 heterocycles. The molecular formula is C22H34N2O3. The SMILES string of the molecule is COc1cccc(COCC(=O)NCC2(N3CCCCC3)CCCCC2)c1. The topological polar surface area (TPSA) is 50.8 Å². The van der Waals surface area contributed by atoms with Crippen LogP contribution in [0.15, 0.2) is 24.3 Å². The Morgan fingerprint density at radius 1 is 1.11 bits per heavy atom. The molecule has 1 aliphatic carbocycles. The van der Waals surface area contributed by atoms with Crippen molar-refractivity contribution < 1.29 is 14.3 Å². The summed E-state index contributed by atoms with van der Waals surface area (Å²) in [6.07, 6.45) is 10.2. The summed E-state index contributed by atoms with van der Waals surface area (Å²) < 4.78 is 10.8. The minimum Gasteiger partial charge on any atom is -0.497 e. The van der Waals surface area contributed by atoms with Gasteiger partial charge in [-0.2, -0.15) is 0 Å². The van der Waals surface area contributed by atoms with Crippen molar-refractivity contribution in [3.8, 4) is 5.75 Å². The zero-order valence-corrected chi connectivity index (χ0v) is 16.7. The van der Waals surface area contributed by atoms with Gasteiger partial charge in [0.2, 0.25) is 5.91 Å². The first-order valence-electron chi connectivity index (χ1n) is 10.4. The van der Waals surface area contributed by atoms with Crippen LogP contribution in [0, 0.1) is 0 Å². The Morgan fingerprint density at radius 3 is 2.59 bits per heavy atom. The molecule has 1 N–H and O–H groups in total. The summed E-state index contributed by atoms with van der Waals surface area (Å²) in [6.45, 7) is 3.65. The van der Waals surface area contributed by atoms with Crippen molar-refractivity contribution in [2.45, 2.75) is 63.5 Å². The van der Waals surface area contributed by atoms with Gasteiger partial charge in [-0.1, -0.05) is 37.8 Å². The van der Waals surface area contributed by atoms with Crippen molar-refractivity contribution >= 4 is 5.91 Å². The lowest BCUT2D eigenvalue weighted by Gasteiger charge is -2.48. The predicted octanol–water partition coefficient (Wildman–Crippen LogP) is 3.52. The third-order valence-electron chi connectivity index (χ3n) is 6.06. The number of carbonyl (C=O) groups excluding carboxylic acids is 1. The highest BCUT2D eigenvalue weighted by atomic mass is 16.5. The van der Waals surface area contributed by atoms with Crippen LogP contribution in [0.3, 0.4) is 0 Å². The number of nitrogens with zero attached hydrogens (tertiary/aromatic N) is 1. The van der Waals surface area contributed by atoms with E-state index in [-0.39, 0.29) is 18.1 Å². The average Bonchev–Trinajstić information content (AvgIpc) is 2.74. The van der Waals surface area contributed by atoms with Gasteiger partial charge in [-0.25, -0.2) is 0 Å². The average molecular weight is 375 g/mol. The molecule has 0 bridgehead atoms. The Balaban J connectivity index is 1.46. The number of piperidine rings is 1. The maximum atomic E-state index is 12.3. The van der Waals surface area contributed by atoms with Crippen molar-refractivity contribution in [1.29, 1.82) is 0 Å². The standard InChI is InChI=1S/C22H34N2O3/c1-26-20-10-8-9-19(15-20)16-27-17-21(25)23-18-22(11-4-2-5-12-22)24-13-6-3-7-14-24/h8-10,15H,2-7,11-14,16-18H2,1H3,(H,23,25). The molecule has 2 fully saturated rings. The van der Waals surface area contributed by atoms with Crippen LogP contribution in [0.4, 0.5) is 0 Å². The van der Waals surface area contributed by atoms with E-state index in [4.69, 9.17) is 9.47 Å². The summed E-state index contributed by atoms with van der Waals surface area (Å²) in [5.41, 5.74) is 1.18. The molecule has 1 saturated heterocycles. The lowest BCUT2D eigenvalue weighted by Crippen LogP contribution is -2.58. The van der Waals surface area contributed by atoms with E-state index in [0.717, 1.165) is 17.9 Å². The van der Waals surface area contributed by atoms with Gasteiger partial charge in [0.15, 0.2) is 0 Å². The Bertz CT molecular complexity index is 593. The summed E-state index contributed by atoms with van der Waals surface area (Å²) in [5, 5.41) is 3.17. The monoisotopic (exact) mass is 374 g/mol. The van der Waals surface area contributed by atoms with Gasteiger partial charge in [0, 0.05) is 12.1 Å². The van der Waals surface area contributed by atoms with Gasteiger partial charge < -0.3 is 14.8 Å². The third kappa shape index (κ3) is 5.69. The van der Waals surface area contributed by atoms with Crippen molar-refractivity contribution in [1.82, 2.24) is 10.2 Å². The third-order valence-corrected chi connectivity index (χ3v) is 6.06. The molecule has 27 heavy (non-hydrogen) atoms. The van der Waals surface area contributed by atoms with E-state index in [9.17, 15) is 4.79 Å². The molecule has 5 nitrogen and oxygen atoms in total. The molecule has 2 aliphatic rings. The molecule has 3 rings (SSSR count). The number of methoxy groups -OCH3 is 1. The van der Waals surface area contributed by atoms with E-state index in [1.54, 1.807) is 7.11 Å². The highest BCUT2D eigenvalue weighted by Crippen LogP contribution is 2.35. The van der Waals surface area contributed by atoms with Crippen LogP contribution in [0.2, 0.25) is 0 Å². The number of carbonyl (C=O) groups is 1. The number of amides is 1. The van der Waals surface area contributed by atoms with E-state index >= 15 is 0 Å². The first kappa shape index (κ1) is 20.2. The normalized spacial score (nSPS) is 20.2. The number of benzene rings is 1. The Labute approximate surface area is 163 Å². The molecule has 5 heteroatoms. The van der Waals surface area contributed by atoms with Crippen LogP contribution in [0.1, 0.15) is 56.9 Å². The fourth-order valence-electron chi connectivity index (χ4n) is 4.52. The van der Waals surface area contributed by atoms with E-state index < -0.39 is 0 Å². The minimum atomic E-state index is -0.0140. The lowest BCUT2D eigenvalue weighted by atomic mass is 9.79.